The predicted octanol–water partition coefficient (Wildman–Crippen LogP) is 6.40. The molecule has 0 bridgehead atoms. The number of amides is 3. The van der Waals surface area contributed by atoms with Crippen LogP contribution < -0.4 is 15.0 Å². The van der Waals surface area contributed by atoms with Crippen molar-refractivity contribution in [2.45, 2.75) is 20.2 Å². The molecule has 42 heavy (non-hydrogen) atoms. The van der Waals surface area contributed by atoms with Gasteiger partial charge in [-0.25, -0.2) is 23.2 Å². The molecule has 216 valence electrons. The topological polar surface area (TPSA) is 102 Å². The zero-order valence-corrected chi connectivity index (χ0v) is 22.6. The second-order valence-electron chi connectivity index (χ2n) is 8.98. The highest BCUT2D eigenvalue weighted by Crippen LogP contribution is 2.31. The molecule has 1 aliphatic rings. The second-order valence-corrected chi connectivity index (χ2v) is 9.92. The van der Waals surface area contributed by atoms with Crippen LogP contribution in [0.25, 0.3) is 17.1 Å². The number of hydrogen-bond acceptors (Lipinski definition) is 6. The summed E-state index contributed by atoms with van der Waals surface area (Å²) in [4.78, 5) is 34.5. The third-order valence-electron chi connectivity index (χ3n) is 5.98. The minimum Gasteiger partial charge on any atom is -0.406 e. The van der Waals surface area contributed by atoms with Gasteiger partial charge in [0, 0.05) is 5.56 Å². The van der Waals surface area contributed by atoms with Gasteiger partial charge in [-0.05, 0) is 79.6 Å². The lowest BCUT2D eigenvalue weighted by Crippen LogP contribution is -2.31. The van der Waals surface area contributed by atoms with E-state index in [1.165, 1.54) is 52.3 Å². The van der Waals surface area contributed by atoms with Gasteiger partial charge in [-0.15, -0.1) is 18.3 Å². The summed E-state index contributed by atoms with van der Waals surface area (Å²) in [6.45, 7) is 3.18. The SMILES string of the molecule is Cc1cc(N2C(=O)CS/C2=N\C(=O)Nc2ccc(-c3ncn(-c4ccc(OC(F)(F)F)cc4)n3)cc2F)c(C)cc1F. The van der Waals surface area contributed by atoms with Crippen LogP contribution in [0.15, 0.2) is 65.9 Å². The highest BCUT2D eigenvalue weighted by atomic mass is 32.2. The lowest BCUT2D eigenvalue weighted by atomic mass is 10.1. The molecule has 1 aromatic heterocycles. The Labute approximate surface area is 239 Å². The van der Waals surface area contributed by atoms with E-state index in [9.17, 15) is 31.5 Å². The molecule has 0 aliphatic carbocycles. The molecule has 9 nitrogen and oxygen atoms in total. The molecule has 3 amide bonds. The lowest BCUT2D eigenvalue weighted by molar-refractivity contribution is -0.274. The molecule has 2 heterocycles. The van der Waals surface area contributed by atoms with E-state index >= 15 is 0 Å². The first-order valence-corrected chi connectivity index (χ1v) is 13.1. The fourth-order valence-electron chi connectivity index (χ4n) is 3.99. The molecule has 3 aromatic carbocycles. The lowest BCUT2D eigenvalue weighted by Gasteiger charge is -2.19. The smallest absolute Gasteiger partial charge is 0.406 e. The summed E-state index contributed by atoms with van der Waals surface area (Å²) in [6, 6.07) is 10.6. The molecular formula is C27H19F5N6O3S. The summed E-state index contributed by atoms with van der Waals surface area (Å²) in [5, 5.41) is 6.63. The maximum Gasteiger partial charge on any atom is 0.573 e. The second kappa shape index (κ2) is 11.2. The van der Waals surface area contributed by atoms with Gasteiger partial charge in [0.25, 0.3) is 0 Å². The minimum atomic E-state index is -4.82. The van der Waals surface area contributed by atoms with Gasteiger partial charge in [0.2, 0.25) is 5.91 Å². The van der Waals surface area contributed by atoms with Gasteiger partial charge in [-0.1, -0.05) is 11.8 Å². The standard InChI is InChI=1S/C27H19F5N6O3S/c1-14-10-22(15(2)9-19(14)28)38-23(39)12-42-26(38)35-25(40)34-21-8-3-16(11-20(21)29)24-33-13-37(36-24)17-4-6-18(7-5-17)41-27(30,31)32/h3-11,13H,12H2,1-2H3,(H,34,40)/b35-26-. The van der Waals surface area contributed by atoms with Crippen LogP contribution in [-0.2, 0) is 4.79 Å². The third-order valence-corrected chi connectivity index (χ3v) is 6.90. The molecule has 15 heteroatoms. The summed E-state index contributed by atoms with van der Waals surface area (Å²) in [7, 11) is 0. The van der Waals surface area contributed by atoms with Crippen molar-refractivity contribution in [3.05, 3.63) is 83.7 Å². The summed E-state index contributed by atoms with van der Waals surface area (Å²) in [5.41, 5.74) is 1.64. The van der Waals surface area contributed by atoms with E-state index in [1.807, 2.05) is 0 Å². The Bertz CT molecular complexity index is 1720. The Morgan fingerprint density at radius 2 is 1.76 bits per heavy atom. The van der Waals surface area contributed by atoms with Crippen molar-refractivity contribution in [3.8, 4) is 22.8 Å². The van der Waals surface area contributed by atoms with Crippen LogP contribution in [0.1, 0.15) is 11.1 Å². The van der Waals surface area contributed by atoms with Gasteiger partial charge in [0.15, 0.2) is 11.0 Å². The number of anilines is 2. The van der Waals surface area contributed by atoms with E-state index in [1.54, 1.807) is 13.8 Å². The summed E-state index contributed by atoms with van der Waals surface area (Å²) < 4.78 is 71.1. The molecule has 1 N–H and O–H groups in total. The van der Waals surface area contributed by atoms with Crippen molar-refractivity contribution in [2.24, 2.45) is 4.99 Å². The number of aliphatic imine (C=N–C) groups is 1. The maximum absolute atomic E-state index is 14.9. The van der Waals surface area contributed by atoms with Crippen molar-refractivity contribution in [2.75, 3.05) is 16.0 Å². The quantitative estimate of drug-likeness (QED) is 0.266. The summed E-state index contributed by atoms with van der Waals surface area (Å²) >= 11 is 1.02. The molecule has 5 rings (SSSR count). The van der Waals surface area contributed by atoms with Crippen molar-refractivity contribution in [3.63, 3.8) is 0 Å². The summed E-state index contributed by atoms with van der Waals surface area (Å²) in [6.07, 6.45) is -3.52. The molecule has 1 saturated heterocycles. The van der Waals surface area contributed by atoms with E-state index in [2.05, 4.69) is 25.1 Å². The largest absolute Gasteiger partial charge is 0.573 e. The number of carbonyl (C=O) groups excluding carboxylic acids is 2. The first-order valence-electron chi connectivity index (χ1n) is 12.1. The van der Waals surface area contributed by atoms with Gasteiger partial charge in [0.1, 0.15) is 23.7 Å². The van der Waals surface area contributed by atoms with E-state index in [0.29, 0.717) is 22.5 Å². The average Bonchev–Trinajstić information content (AvgIpc) is 3.54. The monoisotopic (exact) mass is 602 g/mol. The Balaban J connectivity index is 1.30. The Kier molecular flexibility index (Phi) is 7.69. The number of aromatic nitrogens is 3. The molecule has 0 unspecified atom stereocenters. The molecular weight excluding hydrogens is 583 g/mol. The van der Waals surface area contributed by atoms with Crippen LogP contribution in [0.2, 0.25) is 0 Å². The van der Waals surface area contributed by atoms with Crippen LogP contribution in [0.4, 0.5) is 38.1 Å². The number of thioether (sulfide) groups is 1. The van der Waals surface area contributed by atoms with Gasteiger partial charge in [0.05, 0.1) is 22.8 Å². The van der Waals surface area contributed by atoms with Crippen molar-refractivity contribution < 1.29 is 36.3 Å². The van der Waals surface area contributed by atoms with Crippen LogP contribution in [0, 0.1) is 25.5 Å². The molecule has 0 atom stereocenters. The van der Waals surface area contributed by atoms with Gasteiger partial charge >= 0.3 is 12.4 Å². The number of nitrogens with zero attached hydrogens (tertiary/aromatic N) is 5. The van der Waals surface area contributed by atoms with Crippen LogP contribution in [0.3, 0.4) is 0 Å². The highest BCUT2D eigenvalue weighted by Gasteiger charge is 2.32. The average molecular weight is 603 g/mol. The first-order chi connectivity index (χ1) is 19.9. The number of aryl methyl sites for hydroxylation is 2. The van der Waals surface area contributed by atoms with E-state index in [0.717, 1.165) is 30.0 Å². The molecule has 0 spiro atoms. The van der Waals surface area contributed by atoms with E-state index in [-0.39, 0.29) is 33.9 Å². The Hall–Kier alpha value is -4.79. The highest BCUT2D eigenvalue weighted by molar-refractivity contribution is 8.15. The zero-order chi connectivity index (χ0) is 30.2. The fraction of sp³-hybridized carbons (Fsp3) is 0.148. The Morgan fingerprint density at radius 3 is 2.45 bits per heavy atom. The van der Waals surface area contributed by atoms with E-state index < -0.39 is 29.8 Å². The number of alkyl halides is 3. The number of ether oxygens (including phenoxy) is 1. The number of urea groups is 1. The zero-order valence-electron chi connectivity index (χ0n) is 21.7. The third kappa shape index (κ3) is 6.25. The first kappa shape index (κ1) is 28.7. The molecule has 1 aliphatic heterocycles. The number of hydrogen-bond donors (Lipinski definition) is 1. The number of carbonyl (C=O) groups is 2. The van der Waals surface area contributed by atoms with Crippen LogP contribution >= 0.6 is 11.8 Å². The molecule has 0 radical (unpaired) electrons. The van der Waals surface area contributed by atoms with E-state index in [4.69, 9.17) is 0 Å². The van der Waals surface area contributed by atoms with Crippen molar-refractivity contribution >= 4 is 40.2 Å². The van der Waals surface area contributed by atoms with Gasteiger partial charge in [-0.2, -0.15) is 4.99 Å². The number of nitrogens with one attached hydrogen (secondary N) is 1. The van der Waals surface area contributed by atoms with Gasteiger partial charge < -0.3 is 10.1 Å². The number of rotatable bonds is 5. The maximum atomic E-state index is 14.9. The molecule has 4 aromatic rings. The van der Waals surface area contributed by atoms with Crippen molar-refractivity contribution in [1.29, 1.82) is 0 Å². The minimum absolute atomic E-state index is 0.0240. The number of benzene rings is 3. The summed E-state index contributed by atoms with van der Waals surface area (Å²) in [5.74, 6) is -1.85. The number of amidine groups is 1. The van der Waals surface area contributed by atoms with Gasteiger partial charge in [-0.3, -0.25) is 9.69 Å². The number of halogens is 5. The Morgan fingerprint density at radius 1 is 1.02 bits per heavy atom. The van der Waals surface area contributed by atoms with Crippen molar-refractivity contribution in [1.82, 2.24) is 14.8 Å². The predicted molar refractivity (Wildman–Crippen MR) is 146 cm³/mol. The van der Waals surface area contributed by atoms with Crippen LogP contribution in [-0.4, -0.2) is 44.0 Å². The normalized spacial score (nSPS) is 14.5. The fourth-order valence-corrected chi connectivity index (χ4v) is 4.85. The molecule has 1 fully saturated rings. The van der Waals surface area contributed by atoms with Crippen LogP contribution in [0.5, 0.6) is 5.75 Å². The molecule has 0 saturated carbocycles.